The van der Waals surface area contributed by atoms with Crippen molar-refractivity contribution in [3.63, 3.8) is 0 Å². The fourth-order valence-electron chi connectivity index (χ4n) is 3.72. The van der Waals surface area contributed by atoms with Gasteiger partial charge >= 0.3 is 0 Å². The number of methoxy groups -OCH3 is 1. The summed E-state index contributed by atoms with van der Waals surface area (Å²) in [6.45, 7) is 6.35. The smallest absolute Gasteiger partial charge is 0.158 e. The summed E-state index contributed by atoms with van der Waals surface area (Å²) in [6, 6.07) is 3.92. The zero-order chi connectivity index (χ0) is 15.6. The standard InChI is InChI=1S/C16H22N6O/c1-23-6-5-20-8-13-10-21(11-14(13)9-20)15-7-16(18-12-17-15)22-4-2-3-19-22/h2-4,7,12-14H,5-6,8-11H2,1H3. The van der Waals surface area contributed by atoms with E-state index in [1.54, 1.807) is 24.3 Å². The van der Waals surface area contributed by atoms with Crippen LogP contribution in [-0.4, -0.2) is 71.1 Å². The SMILES string of the molecule is COCCN1CC2CN(c3cc(-n4cccn4)ncn3)CC2C1. The van der Waals surface area contributed by atoms with Crippen molar-refractivity contribution in [3.8, 4) is 5.82 Å². The Morgan fingerprint density at radius 3 is 2.61 bits per heavy atom. The van der Waals surface area contributed by atoms with E-state index in [-0.39, 0.29) is 0 Å². The van der Waals surface area contributed by atoms with Crippen molar-refractivity contribution in [1.82, 2.24) is 24.6 Å². The van der Waals surface area contributed by atoms with E-state index in [9.17, 15) is 0 Å². The fraction of sp³-hybridized carbons (Fsp3) is 0.562. The third-order valence-corrected chi connectivity index (χ3v) is 4.87. The average Bonchev–Trinajstić information content (AvgIpc) is 3.28. The molecule has 4 heterocycles. The summed E-state index contributed by atoms with van der Waals surface area (Å²) in [4.78, 5) is 13.7. The van der Waals surface area contributed by atoms with Crippen LogP contribution in [0.1, 0.15) is 0 Å². The van der Waals surface area contributed by atoms with E-state index in [0.717, 1.165) is 49.7 Å². The maximum absolute atomic E-state index is 5.19. The number of fused-ring (bicyclic) bond motifs is 1. The summed E-state index contributed by atoms with van der Waals surface area (Å²) in [5.41, 5.74) is 0. The lowest BCUT2D eigenvalue weighted by atomic mass is 10.0. The van der Waals surface area contributed by atoms with Crippen LogP contribution in [0.15, 0.2) is 30.9 Å². The third kappa shape index (κ3) is 2.94. The molecule has 0 bridgehead atoms. The van der Waals surface area contributed by atoms with Crippen molar-refractivity contribution >= 4 is 5.82 Å². The topological polar surface area (TPSA) is 59.3 Å². The van der Waals surface area contributed by atoms with Crippen molar-refractivity contribution in [2.45, 2.75) is 0 Å². The summed E-state index contributed by atoms with van der Waals surface area (Å²) in [5, 5.41) is 4.24. The lowest BCUT2D eigenvalue weighted by Gasteiger charge is -2.22. The number of nitrogens with zero attached hydrogens (tertiary/aromatic N) is 6. The molecule has 0 spiro atoms. The Bertz CT molecular complexity index is 632. The van der Waals surface area contributed by atoms with Crippen LogP contribution in [0.4, 0.5) is 5.82 Å². The summed E-state index contributed by atoms with van der Waals surface area (Å²) >= 11 is 0. The van der Waals surface area contributed by atoms with E-state index in [2.05, 4.69) is 24.9 Å². The molecule has 0 amide bonds. The zero-order valence-electron chi connectivity index (χ0n) is 13.4. The molecule has 7 heteroatoms. The van der Waals surface area contributed by atoms with Crippen LogP contribution in [0, 0.1) is 11.8 Å². The van der Waals surface area contributed by atoms with Crippen LogP contribution >= 0.6 is 0 Å². The normalized spacial score (nSPS) is 24.3. The number of aromatic nitrogens is 4. The van der Waals surface area contributed by atoms with Crippen LogP contribution in [0.5, 0.6) is 0 Å². The minimum Gasteiger partial charge on any atom is -0.383 e. The number of rotatable bonds is 5. The Labute approximate surface area is 135 Å². The highest BCUT2D eigenvalue weighted by Gasteiger charge is 2.40. The van der Waals surface area contributed by atoms with E-state index in [1.165, 1.54) is 13.1 Å². The lowest BCUT2D eigenvalue weighted by molar-refractivity contribution is 0.157. The second-order valence-corrected chi connectivity index (χ2v) is 6.36. The van der Waals surface area contributed by atoms with Crippen LogP contribution < -0.4 is 4.90 Å². The van der Waals surface area contributed by atoms with Crippen molar-refractivity contribution in [3.05, 3.63) is 30.9 Å². The second kappa shape index (κ2) is 6.25. The van der Waals surface area contributed by atoms with Gasteiger partial charge in [-0.3, -0.25) is 0 Å². The van der Waals surface area contributed by atoms with E-state index in [4.69, 9.17) is 4.74 Å². The summed E-state index contributed by atoms with van der Waals surface area (Å²) in [6.07, 6.45) is 5.29. The molecule has 2 aliphatic rings. The monoisotopic (exact) mass is 314 g/mol. The molecular formula is C16H22N6O. The number of hydrogen-bond acceptors (Lipinski definition) is 6. The van der Waals surface area contributed by atoms with Gasteiger partial charge in [-0.1, -0.05) is 0 Å². The quantitative estimate of drug-likeness (QED) is 0.809. The first-order chi connectivity index (χ1) is 11.3. The highest BCUT2D eigenvalue weighted by Crippen LogP contribution is 2.33. The number of hydrogen-bond donors (Lipinski definition) is 0. The van der Waals surface area contributed by atoms with Crippen molar-refractivity contribution in [1.29, 1.82) is 0 Å². The van der Waals surface area contributed by atoms with E-state index < -0.39 is 0 Å². The maximum Gasteiger partial charge on any atom is 0.158 e. The molecule has 2 fully saturated rings. The van der Waals surface area contributed by atoms with Gasteiger partial charge in [0.25, 0.3) is 0 Å². The number of anilines is 1. The molecule has 0 N–H and O–H groups in total. The summed E-state index contributed by atoms with van der Waals surface area (Å²) < 4.78 is 6.96. The van der Waals surface area contributed by atoms with Crippen LogP contribution in [-0.2, 0) is 4.74 Å². The first-order valence-corrected chi connectivity index (χ1v) is 8.12. The van der Waals surface area contributed by atoms with Crippen molar-refractivity contribution in [2.24, 2.45) is 11.8 Å². The van der Waals surface area contributed by atoms with Crippen LogP contribution in [0.3, 0.4) is 0 Å². The first kappa shape index (κ1) is 14.6. The maximum atomic E-state index is 5.19. The van der Waals surface area contributed by atoms with Crippen LogP contribution in [0.2, 0.25) is 0 Å². The Morgan fingerprint density at radius 2 is 1.91 bits per heavy atom. The highest BCUT2D eigenvalue weighted by molar-refractivity contribution is 5.44. The Balaban J connectivity index is 1.43. The molecule has 7 nitrogen and oxygen atoms in total. The van der Waals surface area contributed by atoms with Gasteiger partial charge in [0.15, 0.2) is 5.82 Å². The van der Waals surface area contributed by atoms with Gasteiger partial charge < -0.3 is 14.5 Å². The van der Waals surface area contributed by atoms with Gasteiger partial charge in [0.2, 0.25) is 0 Å². The van der Waals surface area contributed by atoms with Gasteiger partial charge in [0.05, 0.1) is 6.61 Å². The van der Waals surface area contributed by atoms with Gasteiger partial charge in [0.1, 0.15) is 12.1 Å². The molecule has 0 radical (unpaired) electrons. The predicted molar refractivity (Wildman–Crippen MR) is 86.7 cm³/mol. The molecule has 0 saturated carbocycles. The average molecular weight is 314 g/mol. The molecule has 2 aromatic rings. The van der Waals surface area contributed by atoms with Gasteiger partial charge in [-0.2, -0.15) is 5.10 Å². The molecule has 2 aromatic heterocycles. The largest absolute Gasteiger partial charge is 0.383 e. The van der Waals surface area contributed by atoms with Crippen molar-refractivity contribution < 1.29 is 4.74 Å². The van der Waals surface area contributed by atoms with Crippen molar-refractivity contribution in [2.75, 3.05) is 51.3 Å². The molecule has 2 unspecified atom stereocenters. The summed E-state index contributed by atoms with van der Waals surface area (Å²) in [7, 11) is 1.77. The molecule has 2 saturated heterocycles. The molecule has 0 aliphatic carbocycles. The van der Waals surface area contributed by atoms with Crippen LogP contribution in [0.25, 0.3) is 5.82 Å². The number of ether oxygens (including phenoxy) is 1. The Kier molecular flexibility index (Phi) is 3.97. The molecule has 122 valence electrons. The predicted octanol–water partition coefficient (Wildman–Crippen LogP) is 0.677. The van der Waals surface area contributed by atoms with Gasteiger partial charge in [0, 0.05) is 58.3 Å². The molecule has 2 atom stereocenters. The van der Waals surface area contributed by atoms with Gasteiger partial charge in [-0.05, 0) is 17.9 Å². The molecule has 2 aliphatic heterocycles. The highest BCUT2D eigenvalue weighted by atomic mass is 16.5. The first-order valence-electron chi connectivity index (χ1n) is 8.12. The summed E-state index contributed by atoms with van der Waals surface area (Å²) in [5.74, 6) is 3.28. The zero-order valence-corrected chi connectivity index (χ0v) is 13.4. The molecule has 4 rings (SSSR count). The minimum atomic E-state index is 0.731. The molecule has 23 heavy (non-hydrogen) atoms. The minimum absolute atomic E-state index is 0.731. The molecule has 0 aromatic carbocycles. The fourth-order valence-corrected chi connectivity index (χ4v) is 3.72. The van der Waals surface area contributed by atoms with E-state index in [1.807, 2.05) is 18.3 Å². The third-order valence-electron chi connectivity index (χ3n) is 4.87. The van der Waals surface area contributed by atoms with Gasteiger partial charge in [-0.15, -0.1) is 0 Å². The van der Waals surface area contributed by atoms with Gasteiger partial charge in [-0.25, -0.2) is 14.6 Å². The number of likely N-dealkylation sites (tertiary alicyclic amines) is 1. The Morgan fingerprint density at radius 1 is 1.13 bits per heavy atom. The Hall–Kier alpha value is -1.99. The van der Waals surface area contributed by atoms with E-state index in [0.29, 0.717) is 0 Å². The van der Waals surface area contributed by atoms with E-state index >= 15 is 0 Å². The lowest BCUT2D eigenvalue weighted by Crippen LogP contribution is -2.31. The molecular weight excluding hydrogens is 292 g/mol. The second-order valence-electron chi connectivity index (χ2n) is 6.36.